The SMILES string of the molecule is CC(C#N)N1CCN(S(=O)(=O)NCC(F)(F)F)CC1. The van der Waals surface area contributed by atoms with E-state index in [1.54, 1.807) is 11.8 Å². The molecule has 0 saturated carbocycles. The molecule has 0 aromatic carbocycles. The van der Waals surface area contributed by atoms with Gasteiger partial charge in [-0.2, -0.15) is 35.9 Å². The number of alkyl halides is 3. The van der Waals surface area contributed by atoms with Crippen LogP contribution in [0.15, 0.2) is 0 Å². The average molecular weight is 300 g/mol. The molecule has 19 heavy (non-hydrogen) atoms. The summed E-state index contributed by atoms with van der Waals surface area (Å²) < 4.78 is 61.6. The number of nitrogens with zero attached hydrogens (tertiary/aromatic N) is 3. The molecule has 1 heterocycles. The summed E-state index contributed by atoms with van der Waals surface area (Å²) in [5, 5.41) is 8.73. The Hall–Kier alpha value is -0.890. The highest BCUT2D eigenvalue weighted by Crippen LogP contribution is 2.14. The lowest BCUT2D eigenvalue weighted by molar-refractivity contribution is -0.121. The first-order valence-electron chi connectivity index (χ1n) is 5.61. The number of piperazine rings is 1. The van der Waals surface area contributed by atoms with Gasteiger partial charge < -0.3 is 0 Å². The van der Waals surface area contributed by atoms with Crippen LogP contribution in [-0.4, -0.2) is 62.6 Å². The lowest BCUT2D eigenvalue weighted by Crippen LogP contribution is -2.54. The minimum atomic E-state index is -4.58. The highest BCUT2D eigenvalue weighted by molar-refractivity contribution is 7.87. The van der Waals surface area contributed by atoms with E-state index in [1.807, 2.05) is 6.07 Å². The van der Waals surface area contributed by atoms with Crippen molar-refractivity contribution in [1.82, 2.24) is 13.9 Å². The molecule has 0 bridgehead atoms. The van der Waals surface area contributed by atoms with Crippen molar-refractivity contribution in [1.29, 1.82) is 5.26 Å². The van der Waals surface area contributed by atoms with Crippen LogP contribution in [-0.2, 0) is 10.2 Å². The molecule has 10 heteroatoms. The molecule has 1 fully saturated rings. The van der Waals surface area contributed by atoms with Crippen LogP contribution >= 0.6 is 0 Å². The summed E-state index contributed by atoms with van der Waals surface area (Å²) in [6, 6.07) is 1.69. The van der Waals surface area contributed by atoms with Crippen molar-refractivity contribution in [3.63, 3.8) is 0 Å². The number of hydrogen-bond donors (Lipinski definition) is 1. The Kier molecular flexibility index (Phi) is 5.14. The van der Waals surface area contributed by atoms with Crippen LogP contribution in [0.2, 0.25) is 0 Å². The first-order chi connectivity index (χ1) is 8.65. The van der Waals surface area contributed by atoms with Crippen molar-refractivity contribution in [2.45, 2.75) is 19.1 Å². The van der Waals surface area contributed by atoms with Crippen LogP contribution in [0, 0.1) is 11.3 Å². The number of hydrogen-bond acceptors (Lipinski definition) is 4. The van der Waals surface area contributed by atoms with E-state index in [0.29, 0.717) is 13.1 Å². The van der Waals surface area contributed by atoms with Gasteiger partial charge in [-0.15, -0.1) is 0 Å². The fourth-order valence-corrected chi connectivity index (χ4v) is 2.85. The highest BCUT2D eigenvalue weighted by atomic mass is 32.2. The molecule has 1 rings (SSSR count). The second-order valence-electron chi connectivity index (χ2n) is 4.18. The van der Waals surface area contributed by atoms with Gasteiger partial charge in [0.2, 0.25) is 0 Å². The Morgan fingerprint density at radius 2 is 1.84 bits per heavy atom. The van der Waals surface area contributed by atoms with Crippen LogP contribution in [0.5, 0.6) is 0 Å². The van der Waals surface area contributed by atoms with E-state index < -0.39 is 22.9 Å². The molecule has 1 saturated heterocycles. The minimum absolute atomic E-state index is 0.0687. The molecule has 1 aliphatic rings. The molecule has 0 aromatic heterocycles. The molecule has 1 N–H and O–H groups in total. The molecule has 0 aromatic rings. The van der Waals surface area contributed by atoms with E-state index in [9.17, 15) is 21.6 Å². The van der Waals surface area contributed by atoms with Crippen LogP contribution in [0.3, 0.4) is 0 Å². The molecule has 0 radical (unpaired) electrons. The molecule has 0 spiro atoms. The Bertz CT molecular complexity index is 437. The van der Waals surface area contributed by atoms with Gasteiger partial charge >= 0.3 is 6.18 Å². The lowest BCUT2D eigenvalue weighted by atomic mass is 10.2. The van der Waals surface area contributed by atoms with Gasteiger partial charge in [-0.25, -0.2) is 0 Å². The Labute approximate surface area is 110 Å². The molecular formula is C9H15F3N4O2S. The summed E-state index contributed by atoms with van der Waals surface area (Å²) in [6.45, 7) is 0.887. The van der Waals surface area contributed by atoms with Crippen LogP contribution in [0.25, 0.3) is 0 Å². The van der Waals surface area contributed by atoms with E-state index in [1.165, 1.54) is 4.72 Å². The van der Waals surface area contributed by atoms with Gasteiger partial charge in [0.25, 0.3) is 10.2 Å². The van der Waals surface area contributed by atoms with Gasteiger partial charge in [-0.05, 0) is 6.92 Å². The van der Waals surface area contributed by atoms with Gasteiger partial charge in [0, 0.05) is 26.2 Å². The Morgan fingerprint density at radius 1 is 1.32 bits per heavy atom. The van der Waals surface area contributed by atoms with Crippen molar-refractivity contribution in [3.8, 4) is 6.07 Å². The summed E-state index contributed by atoms with van der Waals surface area (Å²) in [7, 11) is -4.12. The van der Waals surface area contributed by atoms with Crippen LogP contribution < -0.4 is 4.72 Å². The summed E-state index contributed by atoms with van der Waals surface area (Å²) in [4.78, 5) is 1.77. The molecular weight excluding hydrogens is 285 g/mol. The number of halogens is 3. The molecule has 6 nitrogen and oxygen atoms in total. The summed E-state index contributed by atoms with van der Waals surface area (Å²) in [6.07, 6.45) is -4.58. The zero-order valence-electron chi connectivity index (χ0n) is 10.3. The van der Waals surface area contributed by atoms with Gasteiger partial charge in [-0.3, -0.25) is 4.90 Å². The van der Waals surface area contributed by atoms with Gasteiger partial charge in [0.15, 0.2) is 0 Å². The smallest absolute Gasteiger partial charge is 0.286 e. The van der Waals surface area contributed by atoms with E-state index in [4.69, 9.17) is 5.26 Å². The maximum Gasteiger partial charge on any atom is 0.402 e. The third-order valence-electron chi connectivity index (χ3n) is 2.80. The van der Waals surface area contributed by atoms with Crippen LogP contribution in [0.1, 0.15) is 6.92 Å². The molecule has 1 atom stereocenters. The second-order valence-corrected chi connectivity index (χ2v) is 5.94. The fraction of sp³-hybridized carbons (Fsp3) is 0.889. The van der Waals surface area contributed by atoms with E-state index in [0.717, 1.165) is 4.31 Å². The number of rotatable bonds is 4. The molecule has 0 aliphatic carbocycles. The Balaban J connectivity index is 2.53. The predicted molar refractivity (Wildman–Crippen MR) is 61.2 cm³/mol. The van der Waals surface area contributed by atoms with Crippen molar-refractivity contribution >= 4 is 10.2 Å². The summed E-state index contributed by atoms with van der Waals surface area (Å²) in [5.41, 5.74) is 0. The van der Waals surface area contributed by atoms with E-state index in [2.05, 4.69) is 0 Å². The van der Waals surface area contributed by atoms with Crippen molar-refractivity contribution in [2.75, 3.05) is 32.7 Å². The normalized spacial score (nSPS) is 21.0. The van der Waals surface area contributed by atoms with Gasteiger partial charge in [-0.1, -0.05) is 0 Å². The zero-order chi connectivity index (χ0) is 14.7. The average Bonchev–Trinajstić information content (AvgIpc) is 2.35. The highest BCUT2D eigenvalue weighted by Gasteiger charge is 2.33. The molecule has 1 unspecified atom stereocenters. The monoisotopic (exact) mass is 300 g/mol. The molecule has 110 valence electrons. The van der Waals surface area contributed by atoms with Crippen molar-refractivity contribution in [3.05, 3.63) is 0 Å². The van der Waals surface area contributed by atoms with E-state index >= 15 is 0 Å². The van der Waals surface area contributed by atoms with E-state index in [-0.39, 0.29) is 19.1 Å². The fourth-order valence-electron chi connectivity index (χ4n) is 1.68. The van der Waals surface area contributed by atoms with Crippen molar-refractivity contribution < 1.29 is 21.6 Å². The maximum atomic E-state index is 12.0. The lowest BCUT2D eigenvalue weighted by Gasteiger charge is -2.35. The Morgan fingerprint density at radius 3 is 2.26 bits per heavy atom. The molecule has 0 amide bonds. The summed E-state index contributed by atoms with van der Waals surface area (Å²) >= 11 is 0. The zero-order valence-corrected chi connectivity index (χ0v) is 11.1. The molecule has 1 aliphatic heterocycles. The number of nitriles is 1. The maximum absolute atomic E-state index is 12.0. The third kappa shape index (κ3) is 4.94. The predicted octanol–water partition coefficient (Wildman–Crippen LogP) is -0.0872. The van der Waals surface area contributed by atoms with Crippen molar-refractivity contribution in [2.24, 2.45) is 0 Å². The quantitative estimate of drug-likeness (QED) is 0.787. The van der Waals surface area contributed by atoms with Gasteiger partial charge in [0.1, 0.15) is 6.54 Å². The van der Waals surface area contributed by atoms with Crippen LogP contribution in [0.4, 0.5) is 13.2 Å². The first kappa shape index (κ1) is 16.2. The first-order valence-corrected chi connectivity index (χ1v) is 7.05. The largest absolute Gasteiger partial charge is 0.402 e. The standard InChI is InChI=1S/C9H15F3N4O2S/c1-8(6-13)15-2-4-16(5-3-15)19(17,18)14-7-9(10,11)12/h8,14H,2-5,7H2,1H3. The summed E-state index contributed by atoms with van der Waals surface area (Å²) in [5.74, 6) is 0. The topological polar surface area (TPSA) is 76.4 Å². The minimum Gasteiger partial charge on any atom is -0.286 e. The third-order valence-corrected chi connectivity index (χ3v) is 4.36. The second kappa shape index (κ2) is 6.04. The van der Waals surface area contributed by atoms with Gasteiger partial charge in [0.05, 0.1) is 12.1 Å². The number of nitrogens with one attached hydrogen (secondary N) is 1.